The van der Waals surface area contributed by atoms with Crippen LogP contribution in [0, 0.1) is 6.92 Å². The molecule has 0 aliphatic rings. The van der Waals surface area contributed by atoms with Gasteiger partial charge in [-0.05, 0) is 25.1 Å². The molecule has 112 valence electrons. The van der Waals surface area contributed by atoms with Crippen LogP contribution in [-0.4, -0.2) is 27.9 Å². The predicted octanol–water partition coefficient (Wildman–Crippen LogP) is 3.18. The molecule has 0 saturated heterocycles. The number of aryl methyl sites for hydroxylation is 2. The molecule has 0 spiro atoms. The molecular weight excluding hydrogens is 310 g/mol. The van der Waals surface area contributed by atoms with E-state index in [1.54, 1.807) is 10.8 Å². The number of carboxylic acids is 1. The van der Waals surface area contributed by atoms with Crippen molar-refractivity contribution in [3.05, 3.63) is 38.7 Å². The minimum Gasteiger partial charge on any atom is -0.478 e. The second-order valence-electron chi connectivity index (χ2n) is 4.68. The highest BCUT2D eigenvalue weighted by Crippen LogP contribution is 2.28. The summed E-state index contributed by atoms with van der Waals surface area (Å²) < 4.78 is 2.51. The molecule has 0 saturated carbocycles. The summed E-state index contributed by atoms with van der Waals surface area (Å²) in [4.78, 5) is 13.9. The van der Waals surface area contributed by atoms with Gasteiger partial charge in [-0.25, -0.2) is 4.79 Å². The highest BCUT2D eigenvalue weighted by molar-refractivity contribution is 7.16. The molecule has 0 bridgehead atoms. The fourth-order valence-electron chi connectivity index (χ4n) is 2.21. The number of hydrogen-bond acceptors (Lipinski definition) is 4. The van der Waals surface area contributed by atoms with Crippen LogP contribution in [0.2, 0.25) is 4.34 Å². The van der Waals surface area contributed by atoms with E-state index >= 15 is 0 Å². The van der Waals surface area contributed by atoms with Crippen LogP contribution in [-0.2, 0) is 18.4 Å². The summed E-state index contributed by atoms with van der Waals surface area (Å²) in [5, 5.41) is 13.2. The Morgan fingerprint density at radius 2 is 2.29 bits per heavy atom. The summed E-state index contributed by atoms with van der Waals surface area (Å²) in [6.45, 7) is 2.55. The zero-order chi connectivity index (χ0) is 15.6. The quantitative estimate of drug-likeness (QED) is 0.858. The fourth-order valence-corrected chi connectivity index (χ4v) is 3.35. The molecule has 0 aliphatic heterocycles. The number of anilines is 1. The van der Waals surface area contributed by atoms with E-state index in [1.165, 1.54) is 11.3 Å². The van der Waals surface area contributed by atoms with Crippen molar-refractivity contribution in [3.63, 3.8) is 0 Å². The Kier molecular flexibility index (Phi) is 4.69. The van der Waals surface area contributed by atoms with Crippen molar-refractivity contribution in [3.8, 4) is 0 Å². The second kappa shape index (κ2) is 6.32. The van der Waals surface area contributed by atoms with Gasteiger partial charge >= 0.3 is 5.97 Å². The Labute approximate surface area is 132 Å². The molecule has 21 heavy (non-hydrogen) atoms. The lowest BCUT2D eigenvalue weighted by atomic mass is 10.2. The van der Waals surface area contributed by atoms with Gasteiger partial charge in [0.05, 0.1) is 16.6 Å². The summed E-state index contributed by atoms with van der Waals surface area (Å²) in [5.41, 5.74) is 1.60. The lowest BCUT2D eigenvalue weighted by molar-refractivity contribution is -0.131. The first-order valence-electron chi connectivity index (χ1n) is 6.28. The number of thiophene rings is 1. The molecule has 2 heterocycles. The number of carboxylic acid groups (broad SMARTS) is 1. The minimum atomic E-state index is -0.975. The van der Waals surface area contributed by atoms with Gasteiger partial charge in [0.2, 0.25) is 0 Å². The van der Waals surface area contributed by atoms with E-state index in [1.807, 2.05) is 38.1 Å². The molecule has 1 N–H and O–H groups in total. The van der Waals surface area contributed by atoms with Crippen LogP contribution in [0.1, 0.15) is 16.1 Å². The van der Waals surface area contributed by atoms with Crippen molar-refractivity contribution >= 4 is 40.8 Å². The van der Waals surface area contributed by atoms with Crippen molar-refractivity contribution in [1.82, 2.24) is 9.78 Å². The largest absolute Gasteiger partial charge is 0.478 e. The van der Waals surface area contributed by atoms with E-state index in [2.05, 4.69) is 5.10 Å². The normalized spacial score (nSPS) is 11.2. The van der Waals surface area contributed by atoms with Crippen LogP contribution in [0.25, 0.3) is 6.08 Å². The van der Waals surface area contributed by atoms with E-state index in [0.29, 0.717) is 6.54 Å². The Morgan fingerprint density at radius 3 is 2.86 bits per heavy atom. The molecule has 0 amide bonds. The molecule has 0 fully saturated rings. The fraction of sp³-hybridized carbons (Fsp3) is 0.286. The third-order valence-corrected chi connectivity index (χ3v) is 4.23. The molecular formula is C14H16ClN3O2S. The Morgan fingerprint density at radius 1 is 1.57 bits per heavy atom. The topological polar surface area (TPSA) is 58.4 Å². The van der Waals surface area contributed by atoms with Gasteiger partial charge in [0.25, 0.3) is 0 Å². The first-order valence-corrected chi connectivity index (χ1v) is 7.48. The minimum absolute atomic E-state index is 0.685. The van der Waals surface area contributed by atoms with Gasteiger partial charge < -0.3 is 10.0 Å². The maximum Gasteiger partial charge on any atom is 0.328 e. The van der Waals surface area contributed by atoms with Crippen LogP contribution in [0.3, 0.4) is 0 Å². The van der Waals surface area contributed by atoms with Crippen molar-refractivity contribution < 1.29 is 9.90 Å². The number of aromatic nitrogens is 2. The molecule has 0 radical (unpaired) electrons. The van der Waals surface area contributed by atoms with Crippen molar-refractivity contribution in [2.24, 2.45) is 7.05 Å². The van der Waals surface area contributed by atoms with Crippen LogP contribution in [0.5, 0.6) is 0 Å². The highest BCUT2D eigenvalue weighted by atomic mass is 35.5. The molecule has 0 aromatic carbocycles. The van der Waals surface area contributed by atoms with Gasteiger partial charge in [-0.2, -0.15) is 5.10 Å². The number of halogens is 1. The number of aliphatic carboxylic acids is 1. The first-order chi connectivity index (χ1) is 9.88. The summed E-state index contributed by atoms with van der Waals surface area (Å²) >= 11 is 7.48. The lowest BCUT2D eigenvalue weighted by Gasteiger charge is -2.19. The molecule has 7 heteroatoms. The van der Waals surface area contributed by atoms with Crippen LogP contribution in [0.4, 0.5) is 5.82 Å². The van der Waals surface area contributed by atoms with Gasteiger partial charge in [-0.3, -0.25) is 4.68 Å². The number of nitrogens with zero attached hydrogens (tertiary/aromatic N) is 3. The number of hydrogen-bond donors (Lipinski definition) is 1. The monoisotopic (exact) mass is 325 g/mol. The summed E-state index contributed by atoms with van der Waals surface area (Å²) in [5.74, 6) is -0.105. The summed E-state index contributed by atoms with van der Waals surface area (Å²) in [6, 6.07) is 3.86. The van der Waals surface area contributed by atoms with Gasteiger partial charge in [-0.15, -0.1) is 11.3 Å². The van der Waals surface area contributed by atoms with Crippen molar-refractivity contribution in [2.75, 3.05) is 11.9 Å². The zero-order valence-corrected chi connectivity index (χ0v) is 13.6. The van der Waals surface area contributed by atoms with Gasteiger partial charge in [0.1, 0.15) is 5.82 Å². The molecule has 2 aromatic rings. The Bertz CT molecular complexity index is 690. The Hall–Kier alpha value is -1.79. The lowest BCUT2D eigenvalue weighted by Crippen LogP contribution is -2.19. The van der Waals surface area contributed by atoms with Gasteiger partial charge in [-0.1, -0.05) is 11.6 Å². The Balaban J connectivity index is 2.31. The molecule has 0 unspecified atom stereocenters. The van der Waals surface area contributed by atoms with Gasteiger partial charge in [0.15, 0.2) is 0 Å². The average molecular weight is 326 g/mol. The zero-order valence-electron chi connectivity index (χ0n) is 12.0. The van der Waals surface area contributed by atoms with E-state index < -0.39 is 5.97 Å². The van der Waals surface area contributed by atoms with E-state index in [4.69, 9.17) is 16.7 Å². The molecule has 2 aromatic heterocycles. The molecule has 0 aliphatic carbocycles. The maximum atomic E-state index is 10.7. The third kappa shape index (κ3) is 3.65. The van der Waals surface area contributed by atoms with E-state index in [9.17, 15) is 4.79 Å². The summed E-state index contributed by atoms with van der Waals surface area (Å²) in [6.07, 6.45) is 2.71. The maximum absolute atomic E-state index is 10.7. The number of carbonyl (C=O) groups is 1. The predicted molar refractivity (Wildman–Crippen MR) is 86.1 cm³/mol. The third-order valence-electron chi connectivity index (χ3n) is 3.01. The molecule has 2 rings (SSSR count). The SMILES string of the molecule is Cc1nn(C)c(N(C)Cc2ccc(Cl)s2)c1C=CC(=O)O. The average Bonchev–Trinajstić information content (AvgIpc) is 2.90. The van der Waals surface area contributed by atoms with E-state index in [-0.39, 0.29) is 0 Å². The van der Waals surface area contributed by atoms with Crippen molar-refractivity contribution in [1.29, 1.82) is 0 Å². The van der Waals surface area contributed by atoms with Crippen LogP contribution in [0.15, 0.2) is 18.2 Å². The standard InChI is InChI=1S/C14H16ClN3O2S/c1-9-11(5-7-13(19)20)14(18(3)16-9)17(2)8-10-4-6-12(15)21-10/h4-7H,8H2,1-3H3,(H,19,20). The van der Waals surface area contributed by atoms with Crippen molar-refractivity contribution in [2.45, 2.75) is 13.5 Å². The molecule has 5 nitrogen and oxygen atoms in total. The van der Waals surface area contributed by atoms with Gasteiger partial charge in [0, 0.05) is 30.6 Å². The first kappa shape index (κ1) is 15.6. The summed E-state index contributed by atoms with van der Waals surface area (Å²) in [7, 11) is 3.79. The molecule has 0 atom stereocenters. The number of rotatable bonds is 5. The smallest absolute Gasteiger partial charge is 0.328 e. The van der Waals surface area contributed by atoms with E-state index in [0.717, 1.165) is 32.4 Å². The van der Waals surface area contributed by atoms with Crippen LogP contribution >= 0.6 is 22.9 Å². The highest BCUT2D eigenvalue weighted by Gasteiger charge is 2.16. The van der Waals surface area contributed by atoms with Crippen LogP contribution < -0.4 is 4.90 Å². The second-order valence-corrected chi connectivity index (χ2v) is 6.48.